The van der Waals surface area contributed by atoms with Crippen LogP contribution < -0.4 is 21.1 Å². The van der Waals surface area contributed by atoms with Crippen molar-refractivity contribution in [1.29, 1.82) is 0 Å². The van der Waals surface area contributed by atoms with Crippen LogP contribution >= 0.6 is 15.9 Å². The van der Waals surface area contributed by atoms with Crippen LogP contribution in [-0.2, 0) is 28.7 Å². The Morgan fingerprint density at radius 1 is 0.505 bits per heavy atom. The van der Waals surface area contributed by atoms with Gasteiger partial charge in [-0.25, -0.2) is 19.9 Å². The van der Waals surface area contributed by atoms with Crippen molar-refractivity contribution in [2.45, 2.75) is 104 Å². The largest absolute Gasteiger partial charge is 0.534 e. The van der Waals surface area contributed by atoms with Crippen LogP contribution in [0.2, 0.25) is 0 Å². The summed E-state index contributed by atoms with van der Waals surface area (Å²) in [5.74, 6) is 0.585. The van der Waals surface area contributed by atoms with Gasteiger partial charge in [-0.05, 0) is 177 Å². The Balaban J connectivity index is 0.000000149. The van der Waals surface area contributed by atoms with Crippen molar-refractivity contribution >= 4 is 86.1 Å². The molecule has 26 heteroatoms. The molecule has 0 bridgehead atoms. The molecule has 5 aromatic carbocycles. The summed E-state index contributed by atoms with van der Waals surface area (Å²) in [4.78, 5) is 29.5. The number of benzene rings is 5. The monoisotopic (exact) mass is 1320 g/mol. The van der Waals surface area contributed by atoms with Crippen molar-refractivity contribution in [3.63, 3.8) is 0 Å². The van der Waals surface area contributed by atoms with Crippen LogP contribution in [0.25, 0.3) is 66.7 Å². The van der Waals surface area contributed by atoms with Crippen molar-refractivity contribution in [2.24, 2.45) is 0 Å². The highest BCUT2D eigenvalue weighted by Crippen LogP contribution is 2.43. The maximum atomic E-state index is 12.4. The Morgan fingerprint density at radius 3 is 1.36 bits per heavy atom. The van der Waals surface area contributed by atoms with Crippen LogP contribution in [0.4, 0.5) is 24.8 Å². The minimum absolute atomic E-state index is 0.161. The molecule has 0 saturated carbocycles. The summed E-state index contributed by atoms with van der Waals surface area (Å²) in [6, 6.07) is 49.3. The van der Waals surface area contributed by atoms with Gasteiger partial charge in [0.1, 0.15) is 24.3 Å². The van der Waals surface area contributed by atoms with Crippen LogP contribution in [-0.4, -0.2) is 102 Å². The number of aryl methyl sites for hydroxylation is 3. The first-order chi connectivity index (χ1) is 42.8. The van der Waals surface area contributed by atoms with E-state index in [1.807, 2.05) is 160 Å². The number of hydrogen-bond donors (Lipinski definition) is 4. The first-order valence-electron chi connectivity index (χ1n) is 28.6. The Kier molecular flexibility index (Phi) is 21.2. The number of anilines is 2. The molecule has 2 saturated heterocycles. The number of nitrogen functional groups attached to an aromatic ring is 2. The second-order valence-corrected chi connectivity index (χ2v) is 25.6. The lowest BCUT2D eigenvalue weighted by molar-refractivity contribution is -0.0499. The predicted octanol–water partition coefficient (Wildman–Crippen LogP) is 12.5. The van der Waals surface area contributed by atoms with Gasteiger partial charge in [-0.15, -0.1) is 0 Å². The number of fused-ring (bicyclic) bond motifs is 2. The molecule has 2 aliphatic rings. The first-order valence-corrected chi connectivity index (χ1v) is 30.8. The number of halogens is 4. The first kappa shape index (κ1) is 68.7. The molecule has 470 valence electrons. The summed E-state index contributed by atoms with van der Waals surface area (Å²) < 4.78 is 88.4. The number of rotatable bonds is 8. The number of nitrogens with zero attached hydrogens (tertiary/aromatic N) is 7. The molecule has 0 radical (unpaired) electrons. The summed E-state index contributed by atoms with van der Waals surface area (Å²) in [6.07, 6.45) is 2.95. The van der Waals surface area contributed by atoms with Gasteiger partial charge in [0, 0.05) is 43.5 Å². The lowest BCUT2D eigenvalue weighted by Gasteiger charge is -2.32. The Hall–Kier alpha value is -8.20. The maximum absolute atomic E-state index is 12.4. The van der Waals surface area contributed by atoms with Crippen molar-refractivity contribution < 1.29 is 54.4 Å². The third-order valence-electron chi connectivity index (χ3n) is 15.4. The standard InChI is InChI=1S/C20H16N4.C13H10F3NO3S.C12H24B2O4.C12H12BNO2.C8H6BrN3/c1-13-5-4-8-19(24-13)16-7-3-2-6-15(16)14-9-10-18-17(11-14)20(21)23-12-22-18;1-9-5-4-7-11(17-9)10-6-2-3-8-12(10)20-21(18,19)13(14,15)16;1-9(2)10(3,4)16-13(15-9)14-17-11(5,6)12(7,8)18-14;1-9-5-4-8-12(14-9)10-6-2-3-7-11(10)13(15)16;9-5-1-2-7-6(3-5)8(10)12-4-11-7/h2-12H,1H3,(H2,21,22,23);2-8H,1H3;1-8H3;2-8,15-16H,1H3;1-4H,(H2,10,11,12). The van der Waals surface area contributed by atoms with Crippen molar-refractivity contribution in [3.8, 4) is 50.6 Å². The number of para-hydroxylation sites is 1. The predicted molar refractivity (Wildman–Crippen MR) is 355 cm³/mol. The molecular weight excluding hydrogens is 1250 g/mol. The average Bonchev–Trinajstić information content (AvgIpc) is 1.66. The van der Waals surface area contributed by atoms with E-state index in [0.717, 1.165) is 77.4 Å². The normalized spacial score (nSPS) is 15.2. The quantitative estimate of drug-likeness (QED) is 0.0626. The molecule has 0 aliphatic carbocycles. The fourth-order valence-electron chi connectivity index (χ4n) is 9.20. The number of hydrogen-bond acceptors (Lipinski definition) is 18. The number of alkyl halides is 3. The molecule has 12 rings (SSSR count). The van der Waals surface area contributed by atoms with Crippen molar-refractivity contribution in [3.05, 3.63) is 198 Å². The van der Waals surface area contributed by atoms with E-state index in [-0.39, 0.29) is 28.0 Å². The molecule has 0 amide bonds. The highest BCUT2D eigenvalue weighted by atomic mass is 79.9. The van der Waals surface area contributed by atoms with Gasteiger partial charge in [0.25, 0.3) is 0 Å². The Labute approximate surface area is 536 Å². The molecule has 0 atom stereocenters. The van der Waals surface area contributed by atoms with E-state index in [4.69, 9.17) is 30.1 Å². The van der Waals surface area contributed by atoms with Gasteiger partial charge in [-0.2, -0.15) is 21.6 Å². The Morgan fingerprint density at radius 2 is 0.901 bits per heavy atom. The highest BCUT2D eigenvalue weighted by Gasteiger charge is 2.63. The minimum Gasteiger partial charge on any atom is -0.423 e. The SMILES string of the molecule is CC1(C)OB(B2OC(C)(C)C(C)(C)O2)OC1(C)C.Cc1cccc(-c2ccccc2-c2ccc3ncnc(N)c3c2)n1.Cc1cccc(-c2ccccc2B(O)O)n1.Cc1cccc(-c2ccccc2OS(=O)(=O)C(F)(F)F)n1.Nc1ncnc2ccc(Br)cc12. The summed E-state index contributed by atoms with van der Waals surface area (Å²) in [5.41, 5.74) is 15.7. The lowest BCUT2D eigenvalue weighted by Crippen LogP contribution is -2.41. The third-order valence-corrected chi connectivity index (χ3v) is 16.9. The van der Waals surface area contributed by atoms with Crippen molar-refractivity contribution in [1.82, 2.24) is 34.9 Å². The number of aromatic nitrogens is 7. The van der Waals surface area contributed by atoms with Crippen LogP contribution in [0.5, 0.6) is 5.75 Å². The van der Waals surface area contributed by atoms with Crippen molar-refractivity contribution in [2.75, 3.05) is 11.5 Å². The van der Waals surface area contributed by atoms with E-state index >= 15 is 0 Å². The number of pyridine rings is 3. The summed E-state index contributed by atoms with van der Waals surface area (Å²) in [5, 5.41) is 20.3. The lowest BCUT2D eigenvalue weighted by atomic mass is 9.49. The second kappa shape index (κ2) is 28.1. The molecule has 10 aromatic rings. The van der Waals surface area contributed by atoms with Gasteiger partial charge in [0.2, 0.25) is 0 Å². The zero-order valence-electron chi connectivity index (χ0n) is 51.9. The van der Waals surface area contributed by atoms with Crippen LogP contribution in [0, 0.1) is 20.8 Å². The van der Waals surface area contributed by atoms with E-state index in [0.29, 0.717) is 28.5 Å². The van der Waals surface area contributed by atoms with E-state index in [1.165, 1.54) is 24.8 Å². The van der Waals surface area contributed by atoms with Crippen LogP contribution in [0.1, 0.15) is 72.5 Å². The molecule has 2 aliphatic heterocycles. The van der Waals surface area contributed by atoms with E-state index in [2.05, 4.69) is 73.2 Å². The summed E-state index contributed by atoms with van der Waals surface area (Å²) in [7, 11) is -8.14. The summed E-state index contributed by atoms with van der Waals surface area (Å²) in [6.45, 7) is 21.8. The summed E-state index contributed by atoms with van der Waals surface area (Å²) >= 11 is 3.36. The zero-order chi connectivity index (χ0) is 66.3. The molecular formula is C65H68B3BrF3N9O9S. The van der Waals surface area contributed by atoms with Gasteiger partial charge < -0.3 is 44.3 Å². The maximum Gasteiger partial charge on any atom is 0.534 e. The van der Waals surface area contributed by atoms with Gasteiger partial charge >= 0.3 is 36.8 Å². The van der Waals surface area contributed by atoms with Gasteiger partial charge in [-0.3, -0.25) is 15.0 Å². The molecule has 18 nitrogen and oxygen atoms in total. The fraction of sp³-hybridized carbons (Fsp3) is 0.246. The smallest absolute Gasteiger partial charge is 0.423 e. The van der Waals surface area contributed by atoms with Gasteiger partial charge in [0.05, 0.1) is 50.5 Å². The fourth-order valence-corrected chi connectivity index (χ4v) is 10.0. The zero-order valence-corrected chi connectivity index (χ0v) is 54.3. The van der Waals surface area contributed by atoms with E-state index in [1.54, 1.807) is 43.3 Å². The van der Waals surface area contributed by atoms with Gasteiger partial charge in [-0.1, -0.05) is 101 Å². The third kappa shape index (κ3) is 16.7. The van der Waals surface area contributed by atoms with Crippen LogP contribution in [0.3, 0.4) is 0 Å². The minimum atomic E-state index is -5.72. The molecule has 2 fully saturated rings. The van der Waals surface area contributed by atoms with E-state index < -0.39 is 42.5 Å². The van der Waals surface area contributed by atoms with E-state index in [9.17, 15) is 31.6 Å². The molecule has 0 unspecified atom stereocenters. The molecule has 0 spiro atoms. The van der Waals surface area contributed by atoms with Crippen LogP contribution in [0.15, 0.2) is 181 Å². The number of nitrogens with two attached hydrogens (primary N) is 2. The second-order valence-electron chi connectivity index (χ2n) is 23.1. The molecule has 6 N–H and O–H groups in total. The Bertz CT molecular complexity index is 4260. The molecule has 5 aromatic heterocycles. The molecule has 91 heavy (non-hydrogen) atoms. The van der Waals surface area contributed by atoms with Gasteiger partial charge in [0.15, 0.2) is 5.75 Å². The average molecular weight is 1320 g/mol. The highest BCUT2D eigenvalue weighted by molar-refractivity contribution is 9.10. The molecule has 7 heterocycles. The topological polar surface area (TPSA) is 263 Å².